The number of fused-ring (bicyclic) bond motifs is 4. The zero-order valence-corrected chi connectivity index (χ0v) is 22.4. The number of carbonyl (C=O) groups is 1. The monoisotopic (exact) mass is 530 g/mol. The maximum absolute atomic E-state index is 13.9. The summed E-state index contributed by atoms with van der Waals surface area (Å²) in [5.41, 5.74) is 4.23. The molecule has 2 saturated heterocycles. The molecule has 1 unspecified atom stereocenters. The highest BCUT2D eigenvalue weighted by atomic mass is 32.1. The standard InChI is InChI=1S/C28H30N6O3S/c1-15-32-33-27(37-15)21-18(6-5-16-8-12-36-13-9-16)31-24-19-4-3-11-34(19)28(35)23(24)22(21)20-14-17-7-10-30-26(29-2)25(17)38-20/h7,10,14,16,19H,3-6,8-9,11-13H2,1-2H3,(H,29,30). The van der Waals surface area contributed by atoms with Crippen LogP contribution in [0.5, 0.6) is 0 Å². The maximum Gasteiger partial charge on any atom is 0.257 e. The number of anilines is 1. The Hall–Kier alpha value is -3.37. The molecule has 7 heterocycles. The van der Waals surface area contributed by atoms with E-state index in [4.69, 9.17) is 14.1 Å². The number of nitrogens with zero attached hydrogens (tertiary/aromatic N) is 5. The number of aromatic nitrogens is 4. The first-order valence-corrected chi connectivity index (χ1v) is 14.3. The fraction of sp³-hybridized carbons (Fsp3) is 0.464. The Bertz CT molecular complexity index is 1540. The van der Waals surface area contributed by atoms with Crippen LogP contribution in [-0.4, -0.2) is 57.8 Å². The first kappa shape index (κ1) is 23.7. The molecule has 3 aliphatic rings. The number of pyridine rings is 2. The quantitative estimate of drug-likeness (QED) is 0.353. The van der Waals surface area contributed by atoms with Gasteiger partial charge in [0.1, 0.15) is 5.82 Å². The molecule has 196 valence electrons. The van der Waals surface area contributed by atoms with E-state index in [1.165, 1.54) is 0 Å². The van der Waals surface area contributed by atoms with Crippen molar-refractivity contribution in [2.75, 3.05) is 32.1 Å². The summed E-state index contributed by atoms with van der Waals surface area (Å²) in [6.07, 6.45) is 7.70. The van der Waals surface area contributed by atoms with E-state index in [0.717, 1.165) is 102 Å². The van der Waals surface area contributed by atoms with E-state index in [-0.39, 0.29) is 11.9 Å². The first-order chi connectivity index (χ1) is 18.6. The Labute approximate surface area is 224 Å². The van der Waals surface area contributed by atoms with E-state index in [2.05, 4.69) is 26.6 Å². The second kappa shape index (κ2) is 9.43. The number of nitrogens with one attached hydrogen (secondary N) is 1. The molecular weight excluding hydrogens is 500 g/mol. The summed E-state index contributed by atoms with van der Waals surface area (Å²) >= 11 is 1.64. The van der Waals surface area contributed by atoms with Crippen molar-refractivity contribution in [3.63, 3.8) is 0 Å². The summed E-state index contributed by atoms with van der Waals surface area (Å²) in [6.45, 7) is 4.20. The molecule has 0 aromatic carbocycles. The minimum atomic E-state index is 0.0421. The Balaban J connectivity index is 1.47. The van der Waals surface area contributed by atoms with Crippen molar-refractivity contribution in [1.82, 2.24) is 25.1 Å². The van der Waals surface area contributed by atoms with Crippen LogP contribution in [0.2, 0.25) is 0 Å². The Morgan fingerprint density at radius 2 is 2.03 bits per heavy atom. The highest BCUT2D eigenvalue weighted by molar-refractivity contribution is 7.22. The molecule has 10 heteroatoms. The maximum atomic E-state index is 13.9. The number of thiophene rings is 1. The summed E-state index contributed by atoms with van der Waals surface area (Å²) in [6, 6.07) is 4.21. The molecule has 7 rings (SSSR count). The smallest absolute Gasteiger partial charge is 0.257 e. The van der Waals surface area contributed by atoms with E-state index in [9.17, 15) is 4.79 Å². The SMILES string of the molecule is CNc1nccc2cc(-c3c4c(nc(CCC5CCOCC5)c3-c3nnc(C)o3)C3CCCN3C4=O)sc12. The molecule has 1 N–H and O–H groups in total. The van der Waals surface area contributed by atoms with Gasteiger partial charge < -0.3 is 19.4 Å². The summed E-state index contributed by atoms with van der Waals surface area (Å²) in [5, 5.41) is 12.9. The van der Waals surface area contributed by atoms with Gasteiger partial charge >= 0.3 is 0 Å². The normalized spacial score (nSPS) is 19.4. The lowest BCUT2D eigenvalue weighted by molar-refractivity contribution is 0.0639. The Kier molecular flexibility index (Phi) is 5.89. The summed E-state index contributed by atoms with van der Waals surface area (Å²) in [4.78, 5) is 26.7. The summed E-state index contributed by atoms with van der Waals surface area (Å²) in [5.74, 6) is 2.40. The van der Waals surface area contributed by atoms with Gasteiger partial charge in [0, 0.05) is 50.4 Å². The summed E-state index contributed by atoms with van der Waals surface area (Å²) in [7, 11) is 1.88. The van der Waals surface area contributed by atoms with Gasteiger partial charge in [-0.1, -0.05) is 0 Å². The van der Waals surface area contributed by atoms with Gasteiger partial charge in [0.2, 0.25) is 11.8 Å². The van der Waals surface area contributed by atoms with E-state index in [1.807, 2.05) is 24.2 Å². The zero-order valence-electron chi connectivity index (χ0n) is 21.6. The van der Waals surface area contributed by atoms with E-state index >= 15 is 0 Å². The predicted molar refractivity (Wildman–Crippen MR) is 145 cm³/mol. The highest BCUT2D eigenvalue weighted by Crippen LogP contribution is 2.50. The number of hydrogen-bond acceptors (Lipinski definition) is 9. The minimum Gasteiger partial charge on any atom is -0.421 e. The second-order valence-electron chi connectivity index (χ2n) is 10.4. The van der Waals surface area contributed by atoms with Gasteiger partial charge in [-0.05, 0) is 62.0 Å². The molecule has 0 bridgehead atoms. The molecule has 0 spiro atoms. The molecule has 0 radical (unpaired) electrons. The number of aryl methyl sites for hydroxylation is 2. The van der Waals surface area contributed by atoms with Crippen LogP contribution < -0.4 is 5.32 Å². The van der Waals surface area contributed by atoms with Crippen LogP contribution >= 0.6 is 11.3 Å². The lowest BCUT2D eigenvalue weighted by Crippen LogP contribution is -2.22. The minimum absolute atomic E-state index is 0.0421. The van der Waals surface area contributed by atoms with Crippen LogP contribution in [0.4, 0.5) is 5.82 Å². The fourth-order valence-corrected chi connectivity index (χ4v) is 7.46. The van der Waals surface area contributed by atoms with Crippen LogP contribution in [0.25, 0.3) is 32.0 Å². The van der Waals surface area contributed by atoms with E-state index in [1.54, 1.807) is 18.3 Å². The molecule has 38 heavy (non-hydrogen) atoms. The molecule has 4 aromatic heterocycles. The number of rotatable bonds is 6. The Morgan fingerprint density at radius 3 is 2.82 bits per heavy atom. The first-order valence-electron chi connectivity index (χ1n) is 13.4. The zero-order chi connectivity index (χ0) is 25.8. The highest BCUT2D eigenvalue weighted by Gasteiger charge is 2.45. The van der Waals surface area contributed by atoms with Gasteiger partial charge in [-0.3, -0.25) is 9.78 Å². The summed E-state index contributed by atoms with van der Waals surface area (Å²) < 4.78 is 12.7. The van der Waals surface area contributed by atoms with Crippen molar-refractivity contribution in [2.45, 2.75) is 51.5 Å². The Morgan fingerprint density at radius 1 is 1.16 bits per heavy atom. The largest absolute Gasteiger partial charge is 0.421 e. The van der Waals surface area contributed by atoms with E-state index in [0.29, 0.717) is 23.3 Å². The molecule has 0 aliphatic carbocycles. The van der Waals surface area contributed by atoms with Crippen LogP contribution in [-0.2, 0) is 11.2 Å². The third kappa shape index (κ3) is 3.80. The van der Waals surface area contributed by atoms with Crippen LogP contribution in [0, 0.1) is 12.8 Å². The lowest BCUT2D eigenvalue weighted by Gasteiger charge is -2.22. The number of carbonyl (C=O) groups excluding carboxylic acids is 1. The van der Waals surface area contributed by atoms with Crippen molar-refractivity contribution in [2.24, 2.45) is 5.92 Å². The average molecular weight is 531 g/mol. The van der Waals surface area contributed by atoms with Crippen molar-refractivity contribution < 1.29 is 13.9 Å². The van der Waals surface area contributed by atoms with Crippen LogP contribution in [0.3, 0.4) is 0 Å². The second-order valence-corrected chi connectivity index (χ2v) is 11.4. The van der Waals surface area contributed by atoms with Gasteiger partial charge in [0.15, 0.2) is 0 Å². The molecule has 4 aromatic rings. The van der Waals surface area contributed by atoms with E-state index < -0.39 is 0 Å². The van der Waals surface area contributed by atoms with Crippen LogP contribution in [0.1, 0.15) is 65.8 Å². The van der Waals surface area contributed by atoms with Gasteiger partial charge in [-0.25, -0.2) is 4.98 Å². The number of ether oxygens (including phenoxy) is 1. The topological polar surface area (TPSA) is 106 Å². The third-order valence-corrected chi connectivity index (χ3v) is 9.31. The molecular formula is C28H30N6O3S. The predicted octanol–water partition coefficient (Wildman–Crippen LogP) is 5.41. The lowest BCUT2D eigenvalue weighted by atomic mass is 9.90. The molecule has 9 nitrogen and oxygen atoms in total. The van der Waals surface area contributed by atoms with Gasteiger partial charge in [0.05, 0.1) is 33.3 Å². The van der Waals surface area contributed by atoms with Gasteiger partial charge in [-0.2, -0.15) is 0 Å². The van der Waals surface area contributed by atoms with Crippen LogP contribution in [0.15, 0.2) is 22.7 Å². The molecule has 3 aliphatic heterocycles. The van der Waals surface area contributed by atoms with Crippen molar-refractivity contribution in [3.8, 4) is 21.9 Å². The van der Waals surface area contributed by atoms with Crippen molar-refractivity contribution >= 4 is 33.1 Å². The number of hydrogen-bond donors (Lipinski definition) is 1. The number of amides is 1. The molecule has 1 atom stereocenters. The van der Waals surface area contributed by atoms with Gasteiger partial charge in [0.25, 0.3) is 5.91 Å². The fourth-order valence-electron chi connectivity index (χ4n) is 6.25. The molecule has 2 fully saturated rings. The van der Waals surface area contributed by atoms with Crippen molar-refractivity contribution in [3.05, 3.63) is 41.2 Å². The molecule has 1 amide bonds. The third-order valence-electron chi connectivity index (χ3n) is 8.13. The van der Waals surface area contributed by atoms with Crippen molar-refractivity contribution in [1.29, 1.82) is 0 Å². The van der Waals surface area contributed by atoms with Gasteiger partial charge in [-0.15, -0.1) is 21.5 Å². The average Bonchev–Trinajstić information content (AvgIpc) is 3.73. The molecule has 0 saturated carbocycles.